The molecule has 0 radical (unpaired) electrons. The van der Waals surface area contributed by atoms with Crippen molar-refractivity contribution in [3.63, 3.8) is 0 Å². The van der Waals surface area contributed by atoms with Gasteiger partial charge in [-0.1, -0.05) is 13.8 Å². The summed E-state index contributed by atoms with van der Waals surface area (Å²) in [7, 11) is 5.56. The third kappa shape index (κ3) is 17.0. The number of carbonyl (C=O) groups excluding carboxylic acids is 4. The number of methoxy groups -OCH3 is 4. The van der Waals surface area contributed by atoms with E-state index in [1.807, 2.05) is 0 Å². The maximum absolute atomic E-state index is 15.3. The molecule has 4 atom stereocenters. The van der Waals surface area contributed by atoms with Gasteiger partial charge in [0.05, 0.1) is 56.6 Å². The van der Waals surface area contributed by atoms with Gasteiger partial charge in [0.2, 0.25) is 0 Å². The first-order valence-electron chi connectivity index (χ1n) is 21.3. The number of hydrogen-bond acceptors (Lipinski definition) is 14. The van der Waals surface area contributed by atoms with Gasteiger partial charge in [-0.2, -0.15) is 6.42 Å². The van der Waals surface area contributed by atoms with E-state index >= 15 is 4.39 Å². The van der Waals surface area contributed by atoms with Crippen molar-refractivity contribution >= 4 is 83.3 Å². The number of carbonyl (C=O) groups is 4. The number of esters is 2. The molecule has 2 saturated heterocycles. The van der Waals surface area contributed by atoms with E-state index in [4.69, 9.17) is 28.4 Å². The maximum Gasteiger partial charge on any atom is 0.308 e. The Balaban J connectivity index is 0.000000371. The molecule has 2 aromatic heterocycles. The Hall–Kier alpha value is -2.96. The normalized spacial score (nSPS) is 16.6. The summed E-state index contributed by atoms with van der Waals surface area (Å²) in [6.07, 6.45) is 8.41. The molecule has 6 rings (SSSR count). The summed E-state index contributed by atoms with van der Waals surface area (Å²) in [4.78, 5) is 48.6. The van der Waals surface area contributed by atoms with E-state index in [-0.39, 0.29) is 85.1 Å². The van der Waals surface area contributed by atoms with Crippen molar-refractivity contribution in [1.29, 1.82) is 0 Å². The molecule has 0 bridgehead atoms. The quantitative estimate of drug-likeness (QED) is 0.0308. The fourth-order valence-corrected chi connectivity index (χ4v) is 9.04. The molecule has 4 aromatic rings. The second-order valence-corrected chi connectivity index (χ2v) is 17.5. The number of ether oxygens (including phenoxy) is 8. The standard InChI is InChI=1S/C23H29FO6S.C16H17FO4S.C8H15O2.BrH.Zn/c1-14(23(26)28-3)11-17(25)20-12-16-19(31-20)13-18(27-2)15(22(16)24)7-6-10-30-21-8-4-5-9-29-21;1-8(16(19)21-4)5-11(18)14-6-10-13(22-14)7-12(20-3)9(2)15(10)17;1-2-6-9-8-5-3-4-7-10-8;;/h12-14,21H,4-11H2,1-3H3;6-8H,5H2,1-4H3;8H,1-7H2;1H;/q;;-1;;/t14-,21?;8-;;;/m00.../s1. The molecule has 65 heavy (non-hydrogen) atoms. The second-order valence-electron chi connectivity index (χ2n) is 15.3. The maximum atomic E-state index is 15.3. The number of hydrogen-bond donors (Lipinski definition) is 0. The zero-order valence-corrected chi connectivity index (χ0v) is 44.8. The van der Waals surface area contributed by atoms with E-state index in [0.29, 0.717) is 72.0 Å². The average Bonchev–Trinajstić information content (AvgIpc) is 3.95. The van der Waals surface area contributed by atoms with Gasteiger partial charge in [0, 0.05) is 83.4 Å². The third-order valence-corrected chi connectivity index (χ3v) is 12.8. The van der Waals surface area contributed by atoms with E-state index in [0.717, 1.165) is 51.9 Å². The summed E-state index contributed by atoms with van der Waals surface area (Å²) < 4.78 is 72.7. The van der Waals surface area contributed by atoms with Crippen LogP contribution in [0.5, 0.6) is 11.5 Å². The van der Waals surface area contributed by atoms with Gasteiger partial charge in [0.1, 0.15) is 23.1 Å². The molecule has 0 aliphatic carbocycles. The molecule has 2 aliphatic heterocycles. The first-order chi connectivity index (χ1) is 30.3. The van der Waals surface area contributed by atoms with E-state index in [1.54, 1.807) is 39.0 Å². The molecule has 18 heteroatoms. The van der Waals surface area contributed by atoms with Gasteiger partial charge < -0.3 is 44.8 Å². The van der Waals surface area contributed by atoms with E-state index in [1.165, 1.54) is 70.0 Å². The Morgan fingerprint density at radius 2 is 1.18 bits per heavy atom. The zero-order valence-electron chi connectivity index (χ0n) is 38.5. The molecule has 4 heterocycles. The second kappa shape index (κ2) is 29.7. The number of ketones is 2. The van der Waals surface area contributed by atoms with E-state index < -0.39 is 23.8 Å². The van der Waals surface area contributed by atoms with Gasteiger partial charge in [-0.05, 0) is 82.6 Å². The van der Waals surface area contributed by atoms with Gasteiger partial charge >= 0.3 is 11.9 Å². The molecular weight excluding hydrogens is 1000 g/mol. The smallest absolute Gasteiger partial charge is 0.308 e. The molecule has 0 spiro atoms. The van der Waals surface area contributed by atoms with Gasteiger partial charge in [0.15, 0.2) is 24.1 Å². The average molecular weight is 1070 g/mol. The van der Waals surface area contributed by atoms with Crippen molar-refractivity contribution in [3.05, 3.63) is 63.7 Å². The Morgan fingerprint density at radius 3 is 1.62 bits per heavy atom. The van der Waals surface area contributed by atoms with Crippen LogP contribution >= 0.6 is 39.7 Å². The molecular formula is C47H62BrF2O12S2Zn-. The van der Waals surface area contributed by atoms with E-state index in [2.05, 4.69) is 16.4 Å². The number of rotatable bonds is 18. The largest absolute Gasteiger partial charge is 0.496 e. The molecule has 2 fully saturated rings. The summed E-state index contributed by atoms with van der Waals surface area (Å²) in [6, 6.07) is 6.59. The van der Waals surface area contributed by atoms with Crippen LogP contribution in [0.15, 0.2) is 24.3 Å². The van der Waals surface area contributed by atoms with E-state index in [9.17, 15) is 23.6 Å². The predicted octanol–water partition coefficient (Wildman–Crippen LogP) is 11.0. The third-order valence-electron chi connectivity index (χ3n) is 10.6. The monoisotopic (exact) mass is 1060 g/mol. The van der Waals surface area contributed by atoms with Crippen molar-refractivity contribution in [2.75, 3.05) is 54.9 Å². The number of fused-ring (bicyclic) bond motifs is 2. The Labute approximate surface area is 412 Å². The van der Waals surface area contributed by atoms with Crippen LogP contribution in [0.25, 0.3) is 20.2 Å². The summed E-state index contributed by atoms with van der Waals surface area (Å²) in [5, 5.41) is 0.795. The minimum Gasteiger partial charge on any atom is -0.496 e. The topological polar surface area (TPSA) is 142 Å². The van der Waals surface area contributed by atoms with Crippen molar-refractivity contribution in [3.8, 4) is 11.5 Å². The summed E-state index contributed by atoms with van der Waals surface area (Å²) >= 11 is 2.40. The van der Waals surface area contributed by atoms with Crippen molar-refractivity contribution in [2.24, 2.45) is 11.8 Å². The van der Waals surface area contributed by atoms with Crippen LogP contribution in [0, 0.1) is 37.3 Å². The van der Waals surface area contributed by atoms with Crippen LogP contribution in [-0.2, 0) is 63.9 Å². The van der Waals surface area contributed by atoms with Crippen molar-refractivity contribution < 1.29 is 85.3 Å². The number of benzene rings is 2. The SMILES string of the molecule is Br.COC(=O)[C@@H](C)CC(=O)c1cc2c(F)c(C)c(OC)cc2s1.COC(=O)[C@@H](C)CC(=O)c1cc2c(F)c(CCCOC3CCCCO3)c(OC)cc2s1.[CH2-]CCOC1CCCCO1.[Zn]. The number of thiophene rings is 2. The Kier molecular flexibility index (Phi) is 26.6. The van der Waals surface area contributed by atoms with Crippen LogP contribution in [0.4, 0.5) is 8.78 Å². The van der Waals surface area contributed by atoms with Crippen LogP contribution in [-0.4, -0.2) is 91.0 Å². The Morgan fingerprint density at radius 1 is 0.723 bits per heavy atom. The van der Waals surface area contributed by atoms with Gasteiger partial charge in [-0.3, -0.25) is 19.2 Å². The predicted molar refractivity (Wildman–Crippen MR) is 249 cm³/mol. The number of halogens is 3. The number of Topliss-reactive ketones (excluding diaryl/α,β-unsaturated/α-hetero) is 2. The molecule has 358 valence electrons. The fourth-order valence-electron chi connectivity index (χ4n) is 6.97. The molecule has 12 nitrogen and oxygen atoms in total. The van der Waals surface area contributed by atoms with Crippen LogP contribution in [0.2, 0.25) is 0 Å². The summed E-state index contributed by atoms with van der Waals surface area (Å²) in [5.74, 6) is -2.20. The summed E-state index contributed by atoms with van der Waals surface area (Å²) in [6.45, 7) is 11.4. The summed E-state index contributed by atoms with van der Waals surface area (Å²) in [5.41, 5.74) is 0.887. The minimum absolute atomic E-state index is 0. The minimum atomic E-state index is -0.550. The van der Waals surface area contributed by atoms with Crippen molar-refractivity contribution in [2.45, 2.75) is 104 Å². The first kappa shape index (κ1) is 58.2. The molecule has 2 aliphatic rings. The van der Waals surface area contributed by atoms with Gasteiger partial charge in [-0.25, -0.2) is 8.78 Å². The van der Waals surface area contributed by atoms with Crippen LogP contribution in [0.3, 0.4) is 0 Å². The zero-order chi connectivity index (χ0) is 46.1. The Bertz CT molecular complexity index is 2130. The molecule has 0 saturated carbocycles. The molecule has 0 amide bonds. The van der Waals surface area contributed by atoms with Gasteiger partial charge in [-0.15, -0.1) is 39.7 Å². The van der Waals surface area contributed by atoms with Gasteiger partial charge in [0.25, 0.3) is 0 Å². The molecule has 0 N–H and O–H groups in total. The van der Waals surface area contributed by atoms with Crippen molar-refractivity contribution in [1.82, 2.24) is 0 Å². The van der Waals surface area contributed by atoms with Crippen LogP contribution < -0.4 is 9.47 Å². The molecule has 2 aromatic carbocycles. The fraction of sp³-hybridized carbons (Fsp3) is 0.553. The molecule has 2 unspecified atom stereocenters. The first-order valence-corrected chi connectivity index (χ1v) is 22.9. The van der Waals surface area contributed by atoms with Crippen LogP contribution in [0.1, 0.15) is 109 Å².